The normalized spacial score (nSPS) is 23.2. The van der Waals surface area contributed by atoms with Crippen molar-refractivity contribution in [3.8, 4) is 0 Å². The van der Waals surface area contributed by atoms with Crippen LogP contribution in [0.15, 0.2) is 10.7 Å². The fraction of sp³-hybridized carbons (Fsp3) is 0.727. The van der Waals surface area contributed by atoms with Crippen molar-refractivity contribution in [2.45, 2.75) is 43.9 Å². The molecule has 1 fully saturated rings. The SMILES string of the molecule is Cc1oncc1C1(CN)CCC(F)(F)CC1. The van der Waals surface area contributed by atoms with Gasteiger partial charge in [0, 0.05) is 30.4 Å². The number of halogens is 2. The quantitative estimate of drug-likeness (QED) is 0.848. The van der Waals surface area contributed by atoms with Gasteiger partial charge in [0.05, 0.1) is 6.20 Å². The molecule has 0 amide bonds. The van der Waals surface area contributed by atoms with Gasteiger partial charge in [-0.2, -0.15) is 0 Å². The molecule has 1 aromatic rings. The van der Waals surface area contributed by atoms with Gasteiger partial charge in [-0.3, -0.25) is 0 Å². The van der Waals surface area contributed by atoms with E-state index in [9.17, 15) is 8.78 Å². The zero-order valence-corrected chi connectivity index (χ0v) is 9.30. The number of nitrogens with zero attached hydrogens (tertiary/aromatic N) is 1. The molecular weight excluding hydrogens is 214 g/mol. The lowest BCUT2D eigenvalue weighted by atomic mass is 9.68. The monoisotopic (exact) mass is 230 g/mol. The van der Waals surface area contributed by atoms with Crippen LogP contribution >= 0.6 is 0 Å². The van der Waals surface area contributed by atoms with Crippen molar-refractivity contribution >= 4 is 0 Å². The van der Waals surface area contributed by atoms with Crippen molar-refractivity contribution in [3.05, 3.63) is 17.5 Å². The van der Waals surface area contributed by atoms with Crippen molar-refractivity contribution in [2.24, 2.45) is 5.73 Å². The predicted octanol–water partition coefficient (Wildman–Crippen LogP) is 2.39. The summed E-state index contributed by atoms with van der Waals surface area (Å²) < 4.78 is 31.3. The molecule has 0 bridgehead atoms. The molecule has 1 aliphatic rings. The Morgan fingerprint density at radius 2 is 2.00 bits per heavy atom. The molecule has 0 radical (unpaired) electrons. The summed E-state index contributed by atoms with van der Waals surface area (Å²) in [5.74, 6) is -1.85. The van der Waals surface area contributed by atoms with Crippen molar-refractivity contribution in [1.82, 2.24) is 5.16 Å². The van der Waals surface area contributed by atoms with Gasteiger partial charge in [-0.15, -0.1) is 0 Å². The van der Waals surface area contributed by atoms with Gasteiger partial charge in [0.15, 0.2) is 0 Å². The summed E-state index contributed by atoms with van der Waals surface area (Å²) in [7, 11) is 0. The van der Waals surface area contributed by atoms with Gasteiger partial charge in [0.1, 0.15) is 5.76 Å². The number of aromatic nitrogens is 1. The minimum absolute atomic E-state index is 0.102. The summed E-state index contributed by atoms with van der Waals surface area (Å²) in [4.78, 5) is 0. The summed E-state index contributed by atoms with van der Waals surface area (Å²) in [5, 5.41) is 3.71. The first-order chi connectivity index (χ1) is 7.49. The molecule has 2 rings (SSSR count). The first-order valence-electron chi connectivity index (χ1n) is 5.49. The van der Waals surface area contributed by atoms with Gasteiger partial charge in [-0.25, -0.2) is 8.78 Å². The van der Waals surface area contributed by atoms with Crippen LogP contribution in [0.3, 0.4) is 0 Å². The fourth-order valence-corrected chi connectivity index (χ4v) is 2.49. The fourth-order valence-electron chi connectivity index (χ4n) is 2.49. The third-order valence-electron chi connectivity index (χ3n) is 3.65. The molecule has 0 atom stereocenters. The molecule has 16 heavy (non-hydrogen) atoms. The molecule has 1 aliphatic carbocycles. The van der Waals surface area contributed by atoms with E-state index in [1.807, 2.05) is 0 Å². The van der Waals surface area contributed by atoms with Crippen LogP contribution in [-0.2, 0) is 5.41 Å². The highest BCUT2D eigenvalue weighted by atomic mass is 19.3. The highest BCUT2D eigenvalue weighted by Crippen LogP contribution is 2.45. The van der Waals surface area contributed by atoms with E-state index >= 15 is 0 Å². The van der Waals surface area contributed by atoms with E-state index in [2.05, 4.69) is 5.16 Å². The summed E-state index contributed by atoms with van der Waals surface area (Å²) in [6.07, 6.45) is 2.21. The molecule has 0 aliphatic heterocycles. The molecule has 5 heteroatoms. The Labute approximate surface area is 93.0 Å². The van der Waals surface area contributed by atoms with Crippen LogP contribution in [0.2, 0.25) is 0 Å². The summed E-state index contributed by atoms with van der Waals surface area (Å²) in [6.45, 7) is 2.16. The van der Waals surface area contributed by atoms with Crippen molar-refractivity contribution in [3.63, 3.8) is 0 Å². The molecule has 1 aromatic heterocycles. The van der Waals surface area contributed by atoms with Gasteiger partial charge >= 0.3 is 0 Å². The Morgan fingerprint density at radius 3 is 2.44 bits per heavy atom. The lowest BCUT2D eigenvalue weighted by Crippen LogP contribution is -2.42. The van der Waals surface area contributed by atoms with Crippen molar-refractivity contribution in [2.75, 3.05) is 6.54 Å². The first kappa shape index (κ1) is 11.5. The Balaban J connectivity index is 2.26. The van der Waals surface area contributed by atoms with E-state index in [0.29, 0.717) is 25.1 Å². The van der Waals surface area contributed by atoms with E-state index in [1.54, 1.807) is 13.1 Å². The van der Waals surface area contributed by atoms with E-state index in [0.717, 1.165) is 5.56 Å². The Morgan fingerprint density at radius 1 is 1.38 bits per heavy atom. The van der Waals surface area contributed by atoms with E-state index in [-0.39, 0.29) is 18.3 Å². The van der Waals surface area contributed by atoms with Crippen molar-refractivity contribution in [1.29, 1.82) is 0 Å². The number of nitrogens with two attached hydrogens (primary N) is 1. The van der Waals surface area contributed by atoms with Gasteiger partial charge in [-0.05, 0) is 19.8 Å². The lowest BCUT2D eigenvalue weighted by molar-refractivity contribution is -0.0510. The predicted molar refractivity (Wildman–Crippen MR) is 55.4 cm³/mol. The minimum Gasteiger partial charge on any atom is -0.361 e. The first-order valence-corrected chi connectivity index (χ1v) is 5.49. The van der Waals surface area contributed by atoms with Crippen LogP contribution in [0, 0.1) is 6.92 Å². The zero-order chi connectivity index (χ0) is 11.8. The standard InChI is InChI=1S/C11H16F2N2O/c1-8-9(6-15-16-8)10(7-14)2-4-11(12,13)5-3-10/h6H,2-5,7,14H2,1H3. The van der Waals surface area contributed by atoms with Crippen LogP contribution < -0.4 is 5.73 Å². The summed E-state index contributed by atoms with van der Waals surface area (Å²) >= 11 is 0. The highest BCUT2D eigenvalue weighted by Gasteiger charge is 2.44. The zero-order valence-electron chi connectivity index (χ0n) is 9.30. The summed E-state index contributed by atoms with van der Waals surface area (Å²) in [5.41, 5.74) is 6.30. The molecule has 3 nitrogen and oxygen atoms in total. The van der Waals surface area contributed by atoms with Crippen LogP contribution in [0.5, 0.6) is 0 Å². The molecule has 1 saturated carbocycles. The third-order valence-corrected chi connectivity index (χ3v) is 3.65. The molecule has 0 spiro atoms. The number of aryl methyl sites for hydroxylation is 1. The van der Waals surface area contributed by atoms with Crippen LogP contribution in [-0.4, -0.2) is 17.6 Å². The maximum absolute atomic E-state index is 13.1. The number of hydrogen-bond donors (Lipinski definition) is 1. The van der Waals surface area contributed by atoms with Gasteiger partial charge in [-0.1, -0.05) is 5.16 Å². The van der Waals surface area contributed by atoms with Crippen LogP contribution in [0.1, 0.15) is 37.0 Å². The average molecular weight is 230 g/mol. The molecule has 0 saturated heterocycles. The second-order valence-corrected chi connectivity index (χ2v) is 4.64. The average Bonchev–Trinajstić information content (AvgIpc) is 2.66. The Bertz CT molecular complexity index is 366. The molecule has 0 unspecified atom stereocenters. The maximum Gasteiger partial charge on any atom is 0.248 e. The number of alkyl halides is 2. The highest BCUT2D eigenvalue weighted by molar-refractivity contribution is 5.26. The minimum atomic E-state index is -2.54. The molecule has 2 N–H and O–H groups in total. The molecule has 1 heterocycles. The van der Waals surface area contributed by atoms with Gasteiger partial charge in [0.25, 0.3) is 0 Å². The molecular formula is C11H16F2N2O. The third kappa shape index (κ3) is 1.84. The Kier molecular flexibility index (Phi) is 2.74. The number of rotatable bonds is 2. The van der Waals surface area contributed by atoms with Gasteiger partial charge < -0.3 is 10.3 Å². The summed E-state index contributed by atoms with van der Waals surface area (Å²) in [6, 6.07) is 0. The largest absolute Gasteiger partial charge is 0.361 e. The van der Waals surface area contributed by atoms with E-state index < -0.39 is 5.92 Å². The number of hydrogen-bond acceptors (Lipinski definition) is 3. The Hall–Kier alpha value is -0.970. The second kappa shape index (κ2) is 3.80. The van der Waals surface area contributed by atoms with Crippen LogP contribution in [0.25, 0.3) is 0 Å². The molecule has 0 aromatic carbocycles. The van der Waals surface area contributed by atoms with Crippen molar-refractivity contribution < 1.29 is 13.3 Å². The smallest absolute Gasteiger partial charge is 0.248 e. The van der Waals surface area contributed by atoms with Crippen LogP contribution in [0.4, 0.5) is 8.78 Å². The maximum atomic E-state index is 13.1. The second-order valence-electron chi connectivity index (χ2n) is 4.64. The topological polar surface area (TPSA) is 52.0 Å². The lowest BCUT2D eigenvalue weighted by Gasteiger charge is -2.38. The molecule has 90 valence electrons. The van der Waals surface area contributed by atoms with Gasteiger partial charge in [0.2, 0.25) is 5.92 Å². The van der Waals surface area contributed by atoms with E-state index in [1.165, 1.54) is 0 Å². The van der Waals surface area contributed by atoms with E-state index in [4.69, 9.17) is 10.3 Å².